The van der Waals surface area contributed by atoms with E-state index in [1.807, 2.05) is 0 Å². The molecular formula is C63H116O6. The Hall–Kier alpha value is -2.37. The van der Waals surface area contributed by atoms with Gasteiger partial charge in [0.25, 0.3) is 0 Å². The summed E-state index contributed by atoms with van der Waals surface area (Å²) in [7, 11) is 0. The van der Waals surface area contributed by atoms with E-state index in [1.165, 1.54) is 212 Å². The van der Waals surface area contributed by atoms with Gasteiger partial charge in [0.15, 0.2) is 6.10 Å². The van der Waals surface area contributed by atoms with Gasteiger partial charge in [0, 0.05) is 19.3 Å². The van der Waals surface area contributed by atoms with Crippen LogP contribution < -0.4 is 0 Å². The number of rotatable bonds is 56. The monoisotopic (exact) mass is 969 g/mol. The van der Waals surface area contributed by atoms with Gasteiger partial charge in [-0.05, 0) is 57.8 Å². The fourth-order valence-corrected chi connectivity index (χ4v) is 9.04. The van der Waals surface area contributed by atoms with Crippen molar-refractivity contribution in [3.05, 3.63) is 36.5 Å². The SMILES string of the molecule is CCCCC/C=C\C/C=C\C/C=C\CCCCCCCCC(=O)OC(COC(=O)CCCCCCCCCCCC)COC(=O)CCCCCCCCCCCCCCCCCCCCCCCC. The lowest BCUT2D eigenvalue weighted by molar-refractivity contribution is -0.167. The number of carbonyl (C=O) groups excluding carboxylic acids is 3. The Balaban J connectivity index is 4.25. The molecule has 0 aromatic heterocycles. The highest BCUT2D eigenvalue weighted by Gasteiger charge is 2.19. The molecule has 404 valence electrons. The van der Waals surface area contributed by atoms with Gasteiger partial charge in [-0.2, -0.15) is 0 Å². The molecule has 0 aromatic carbocycles. The van der Waals surface area contributed by atoms with Crippen molar-refractivity contribution in [3.8, 4) is 0 Å². The second-order valence-electron chi connectivity index (χ2n) is 20.6. The number of unbranched alkanes of at least 4 members (excludes halogenated alkanes) is 39. The molecule has 0 bridgehead atoms. The molecule has 0 rings (SSSR count). The first-order valence-corrected chi connectivity index (χ1v) is 30.5. The van der Waals surface area contributed by atoms with E-state index in [4.69, 9.17) is 14.2 Å². The molecule has 0 aliphatic rings. The van der Waals surface area contributed by atoms with Crippen LogP contribution in [0, 0.1) is 0 Å². The molecule has 0 spiro atoms. The predicted octanol–water partition coefficient (Wildman–Crippen LogP) is 20.4. The Morgan fingerprint density at radius 2 is 0.522 bits per heavy atom. The van der Waals surface area contributed by atoms with Crippen molar-refractivity contribution in [2.24, 2.45) is 0 Å². The molecule has 0 amide bonds. The molecule has 0 fully saturated rings. The van der Waals surface area contributed by atoms with Crippen LogP contribution in [0.25, 0.3) is 0 Å². The van der Waals surface area contributed by atoms with E-state index in [2.05, 4.69) is 57.2 Å². The summed E-state index contributed by atoms with van der Waals surface area (Å²) in [6.45, 7) is 6.64. The van der Waals surface area contributed by atoms with Crippen LogP contribution in [0.3, 0.4) is 0 Å². The maximum atomic E-state index is 12.9. The third kappa shape index (κ3) is 56.4. The van der Waals surface area contributed by atoms with Crippen molar-refractivity contribution in [2.75, 3.05) is 13.2 Å². The van der Waals surface area contributed by atoms with Gasteiger partial charge in [-0.1, -0.05) is 288 Å². The lowest BCUT2D eigenvalue weighted by Crippen LogP contribution is -2.30. The molecule has 0 N–H and O–H groups in total. The van der Waals surface area contributed by atoms with Gasteiger partial charge in [0.1, 0.15) is 13.2 Å². The number of hydrogen-bond donors (Lipinski definition) is 0. The molecule has 0 aliphatic heterocycles. The van der Waals surface area contributed by atoms with E-state index in [1.54, 1.807) is 0 Å². The molecule has 0 heterocycles. The van der Waals surface area contributed by atoms with Gasteiger partial charge >= 0.3 is 17.9 Å². The van der Waals surface area contributed by atoms with Crippen molar-refractivity contribution in [1.29, 1.82) is 0 Å². The molecule has 0 radical (unpaired) electrons. The summed E-state index contributed by atoms with van der Waals surface area (Å²) in [6.07, 6.45) is 70.1. The lowest BCUT2D eigenvalue weighted by Gasteiger charge is -2.18. The van der Waals surface area contributed by atoms with Gasteiger partial charge in [0.05, 0.1) is 0 Å². The van der Waals surface area contributed by atoms with Gasteiger partial charge in [-0.25, -0.2) is 0 Å². The summed E-state index contributed by atoms with van der Waals surface area (Å²) in [5.41, 5.74) is 0. The fraction of sp³-hybridized carbons (Fsp3) is 0.857. The molecule has 6 nitrogen and oxygen atoms in total. The maximum absolute atomic E-state index is 12.9. The highest BCUT2D eigenvalue weighted by molar-refractivity contribution is 5.71. The molecule has 0 aromatic rings. The summed E-state index contributed by atoms with van der Waals surface area (Å²) in [4.78, 5) is 38.1. The maximum Gasteiger partial charge on any atom is 0.306 e. The third-order valence-electron chi connectivity index (χ3n) is 13.6. The lowest BCUT2D eigenvalue weighted by atomic mass is 10.0. The Morgan fingerprint density at radius 3 is 0.841 bits per heavy atom. The first-order chi connectivity index (χ1) is 34.0. The van der Waals surface area contributed by atoms with Crippen LogP contribution in [-0.4, -0.2) is 37.2 Å². The fourth-order valence-electron chi connectivity index (χ4n) is 9.04. The summed E-state index contributed by atoms with van der Waals surface area (Å²) >= 11 is 0. The van der Waals surface area contributed by atoms with Crippen LogP contribution in [0.1, 0.15) is 329 Å². The normalized spacial score (nSPS) is 12.2. The molecule has 0 aliphatic carbocycles. The third-order valence-corrected chi connectivity index (χ3v) is 13.6. The van der Waals surface area contributed by atoms with E-state index < -0.39 is 6.10 Å². The standard InChI is InChI=1S/C63H116O6/c1-4-7-10-13-16-19-22-24-26-28-30-31-32-34-35-37-39-41-44-47-50-53-56-62(65)68-59-60(58-67-61(64)55-52-49-46-43-21-18-15-12-9-6-3)69-63(66)57-54-51-48-45-42-40-38-36-33-29-27-25-23-20-17-14-11-8-5-2/h17,20,25,27,33,36,60H,4-16,18-19,21-24,26,28-32,34-35,37-59H2,1-3H3/b20-17-,27-25-,36-33-. The number of allylic oxidation sites excluding steroid dienone is 6. The van der Waals surface area contributed by atoms with Gasteiger partial charge < -0.3 is 14.2 Å². The summed E-state index contributed by atoms with van der Waals surface area (Å²) in [6, 6.07) is 0. The average Bonchev–Trinajstić information content (AvgIpc) is 3.35. The molecular weight excluding hydrogens is 853 g/mol. The van der Waals surface area contributed by atoms with Crippen LogP contribution in [-0.2, 0) is 28.6 Å². The van der Waals surface area contributed by atoms with Crippen molar-refractivity contribution in [2.45, 2.75) is 335 Å². The molecule has 1 unspecified atom stereocenters. The minimum absolute atomic E-state index is 0.0727. The zero-order valence-electron chi connectivity index (χ0n) is 46.3. The zero-order valence-corrected chi connectivity index (χ0v) is 46.3. The second-order valence-corrected chi connectivity index (χ2v) is 20.6. The average molecular weight is 970 g/mol. The molecule has 6 heteroatoms. The summed E-state index contributed by atoms with van der Waals surface area (Å²) in [5, 5.41) is 0. The molecule has 0 saturated heterocycles. The van der Waals surface area contributed by atoms with Crippen LogP contribution in [0.2, 0.25) is 0 Å². The van der Waals surface area contributed by atoms with E-state index in [0.29, 0.717) is 19.3 Å². The van der Waals surface area contributed by atoms with E-state index >= 15 is 0 Å². The smallest absolute Gasteiger partial charge is 0.306 e. The Kier molecular flexibility index (Phi) is 56.2. The number of carbonyl (C=O) groups is 3. The highest BCUT2D eigenvalue weighted by atomic mass is 16.6. The van der Waals surface area contributed by atoms with Gasteiger partial charge in [0.2, 0.25) is 0 Å². The number of hydrogen-bond acceptors (Lipinski definition) is 6. The van der Waals surface area contributed by atoms with E-state index in [9.17, 15) is 14.4 Å². The van der Waals surface area contributed by atoms with Crippen molar-refractivity contribution in [1.82, 2.24) is 0 Å². The Labute approximate surface area is 429 Å². The largest absolute Gasteiger partial charge is 0.462 e. The Bertz CT molecular complexity index is 1160. The molecule has 69 heavy (non-hydrogen) atoms. The van der Waals surface area contributed by atoms with Crippen molar-refractivity contribution in [3.63, 3.8) is 0 Å². The second kappa shape index (κ2) is 58.2. The minimum Gasteiger partial charge on any atom is -0.462 e. The first kappa shape index (κ1) is 66.6. The highest BCUT2D eigenvalue weighted by Crippen LogP contribution is 2.17. The van der Waals surface area contributed by atoms with Gasteiger partial charge in [-0.15, -0.1) is 0 Å². The van der Waals surface area contributed by atoms with Crippen molar-refractivity contribution < 1.29 is 28.6 Å². The summed E-state index contributed by atoms with van der Waals surface area (Å²) in [5.74, 6) is -0.867. The van der Waals surface area contributed by atoms with Crippen LogP contribution in [0.15, 0.2) is 36.5 Å². The van der Waals surface area contributed by atoms with E-state index in [-0.39, 0.29) is 31.1 Å². The minimum atomic E-state index is -0.775. The number of ether oxygens (including phenoxy) is 3. The van der Waals surface area contributed by atoms with Crippen LogP contribution in [0.5, 0.6) is 0 Å². The van der Waals surface area contributed by atoms with Gasteiger partial charge in [-0.3, -0.25) is 14.4 Å². The van der Waals surface area contributed by atoms with Crippen LogP contribution in [0.4, 0.5) is 0 Å². The topological polar surface area (TPSA) is 78.9 Å². The molecule has 0 saturated carbocycles. The number of esters is 3. The van der Waals surface area contributed by atoms with E-state index in [0.717, 1.165) is 77.0 Å². The zero-order chi connectivity index (χ0) is 50.0. The Morgan fingerprint density at radius 1 is 0.290 bits per heavy atom. The first-order valence-electron chi connectivity index (χ1n) is 30.5. The van der Waals surface area contributed by atoms with Crippen molar-refractivity contribution >= 4 is 17.9 Å². The molecule has 1 atom stereocenters. The van der Waals surface area contributed by atoms with Crippen LogP contribution >= 0.6 is 0 Å². The summed E-state index contributed by atoms with van der Waals surface area (Å²) < 4.78 is 16.9. The quantitative estimate of drug-likeness (QED) is 0.0261. The predicted molar refractivity (Wildman–Crippen MR) is 298 cm³/mol.